The molecule has 0 amide bonds. The van der Waals surface area contributed by atoms with E-state index in [2.05, 4.69) is 0 Å². The van der Waals surface area contributed by atoms with Crippen LogP contribution in [0, 0.1) is 20.8 Å². The summed E-state index contributed by atoms with van der Waals surface area (Å²) in [6, 6.07) is 11.4. The molecule has 0 bridgehead atoms. The summed E-state index contributed by atoms with van der Waals surface area (Å²) in [5.41, 5.74) is 10.9. The molecule has 0 fully saturated rings. The van der Waals surface area contributed by atoms with E-state index in [1.807, 2.05) is 51.1 Å². The molecule has 0 atom stereocenters. The predicted molar refractivity (Wildman–Crippen MR) is 80.6 cm³/mol. The third-order valence-corrected chi connectivity index (χ3v) is 3.50. The highest BCUT2D eigenvalue weighted by Gasteiger charge is 2.15. The Labute approximate surface area is 119 Å². The van der Waals surface area contributed by atoms with Crippen LogP contribution in [0.4, 0.5) is 5.69 Å². The second kappa shape index (κ2) is 5.78. The van der Waals surface area contributed by atoms with Gasteiger partial charge in [-0.05, 0) is 49.1 Å². The quantitative estimate of drug-likeness (QED) is 0.684. The second-order valence-corrected chi connectivity index (χ2v) is 4.99. The van der Waals surface area contributed by atoms with Gasteiger partial charge in [-0.1, -0.05) is 30.3 Å². The molecule has 2 aromatic rings. The number of anilines is 1. The van der Waals surface area contributed by atoms with Crippen LogP contribution >= 0.6 is 0 Å². The Hall–Kier alpha value is -2.29. The third kappa shape index (κ3) is 2.82. The van der Waals surface area contributed by atoms with E-state index in [9.17, 15) is 4.79 Å². The minimum atomic E-state index is -0.372. The van der Waals surface area contributed by atoms with Crippen LogP contribution in [0.2, 0.25) is 0 Å². The molecule has 2 N–H and O–H groups in total. The monoisotopic (exact) mass is 269 g/mol. The highest BCUT2D eigenvalue weighted by molar-refractivity contribution is 5.96. The van der Waals surface area contributed by atoms with Crippen molar-refractivity contribution in [3.63, 3.8) is 0 Å². The number of aryl methyl sites for hydroxylation is 3. The molecular formula is C17H19NO2. The Morgan fingerprint density at radius 2 is 1.55 bits per heavy atom. The zero-order valence-electron chi connectivity index (χ0n) is 12.1. The Morgan fingerprint density at radius 3 is 2.15 bits per heavy atom. The van der Waals surface area contributed by atoms with Crippen LogP contribution in [0.5, 0.6) is 0 Å². The van der Waals surface area contributed by atoms with Gasteiger partial charge < -0.3 is 10.5 Å². The van der Waals surface area contributed by atoms with Crippen LogP contribution in [0.25, 0.3) is 0 Å². The molecule has 0 radical (unpaired) electrons. The second-order valence-electron chi connectivity index (χ2n) is 4.99. The number of nitrogens with two attached hydrogens (primary N) is 1. The van der Waals surface area contributed by atoms with Crippen LogP contribution < -0.4 is 5.73 Å². The lowest BCUT2D eigenvalue weighted by atomic mass is 10.0. The minimum absolute atomic E-state index is 0.269. The summed E-state index contributed by atoms with van der Waals surface area (Å²) < 4.78 is 5.42. The Kier molecular flexibility index (Phi) is 4.08. The molecule has 0 aliphatic heterocycles. The standard InChI is InChI=1S/C17H19NO2/c1-11-6-4-7-12(2)14(11)10-20-17(19)16-13(3)8-5-9-15(16)18/h4-9H,10,18H2,1-3H3. The van der Waals surface area contributed by atoms with Crippen LogP contribution in [-0.4, -0.2) is 5.97 Å². The molecule has 0 aliphatic rings. The Balaban J connectivity index is 2.17. The summed E-state index contributed by atoms with van der Waals surface area (Å²) in [6.45, 7) is 6.15. The van der Waals surface area contributed by atoms with Crippen molar-refractivity contribution in [3.8, 4) is 0 Å². The van der Waals surface area contributed by atoms with Gasteiger partial charge in [0, 0.05) is 5.69 Å². The number of ether oxygens (including phenoxy) is 1. The first-order valence-electron chi connectivity index (χ1n) is 6.58. The fraction of sp³-hybridized carbons (Fsp3) is 0.235. The molecule has 2 rings (SSSR count). The minimum Gasteiger partial charge on any atom is -0.457 e. The fourth-order valence-electron chi connectivity index (χ4n) is 2.26. The van der Waals surface area contributed by atoms with Crippen LogP contribution in [0.1, 0.15) is 32.6 Å². The molecule has 0 aliphatic carbocycles. The van der Waals surface area contributed by atoms with Crippen LogP contribution in [0.15, 0.2) is 36.4 Å². The molecule has 0 spiro atoms. The van der Waals surface area contributed by atoms with Crippen molar-refractivity contribution in [3.05, 3.63) is 64.2 Å². The highest BCUT2D eigenvalue weighted by atomic mass is 16.5. The van der Waals surface area contributed by atoms with E-state index in [-0.39, 0.29) is 12.6 Å². The first kappa shape index (κ1) is 14.1. The van der Waals surface area contributed by atoms with Gasteiger partial charge in [-0.3, -0.25) is 0 Å². The molecule has 104 valence electrons. The van der Waals surface area contributed by atoms with Gasteiger partial charge in [0.2, 0.25) is 0 Å². The van der Waals surface area contributed by atoms with E-state index in [4.69, 9.17) is 10.5 Å². The topological polar surface area (TPSA) is 52.3 Å². The normalized spacial score (nSPS) is 10.3. The van der Waals surface area contributed by atoms with Gasteiger partial charge in [-0.25, -0.2) is 4.79 Å². The highest BCUT2D eigenvalue weighted by Crippen LogP contribution is 2.20. The van der Waals surface area contributed by atoms with E-state index in [1.165, 1.54) is 0 Å². The Morgan fingerprint density at radius 1 is 1.00 bits per heavy atom. The summed E-state index contributed by atoms with van der Waals surface area (Å²) >= 11 is 0. The maximum absolute atomic E-state index is 12.2. The third-order valence-electron chi connectivity index (χ3n) is 3.50. The van der Waals surface area contributed by atoms with Crippen molar-refractivity contribution in [1.29, 1.82) is 0 Å². The summed E-state index contributed by atoms with van der Waals surface area (Å²) in [6.07, 6.45) is 0. The van der Waals surface area contributed by atoms with Crippen molar-refractivity contribution >= 4 is 11.7 Å². The van der Waals surface area contributed by atoms with Crippen molar-refractivity contribution in [2.45, 2.75) is 27.4 Å². The molecule has 0 unspecified atom stereocenters. The van der Waals surface area contributed by atoms with Gasteiger partial charge >= 0.3 is 5.97 Å². The van der Waals surface area contributed by atoms with Gasteiger partial charge in [0.15, 0.2) is 0 Å². The number of hydrogen-bond acceptors (Lipinski definition) is 3. The van der Waals surface area contributed by atoms with Gasteiger partial charge in [0.1, 0.15) is 6.61 Å². The summed E-state index contributed by atoms with van der Waals surface area (Å²) in [5, 5.41) is 0. The molecular weight excluding hydrogens is 250 g/mol. The maximum Gasteiger partial charge on any atom is 0.340 e. The average Bonchev–Trinajstić information content (AvgIpc) is 2.38. The SMILES string of the molecule is Cc1cccc(C)c1COC(=O)c1c(C)cccc1N. The molecule has 0 saturated heterocycles. The van der Waals surface area contributed by atoms with E-state index < -0.39 is 0 Å². The number of carbonyl (C=O) groups is 1. The lowest BCUT2D eigenvalue weighted by Crippen LogP contribution is -2.11. The fourth-order valence-corrected chi connectivity index (χ4v) is 2.26. The molecule has 2 aromatic carbocycles. The summed E-state index contributed by atoms with van der Waals surface area (Å²) in [5.74, 6) is -0.372. The molecule has 3 nitrogen and oxygen atoms in total. The van der Waals surface area contributed by atoms with E-state index in [0.29, 0.717) is 11.3 Å². The molecule has 3 heteroatoms. The zero-order valence-corrected chi connectivity index (χ0v) is 12.1. The Bertz CT molecular complexity index is 607. The molecule has 0 aromatic heterocycles. The van der Waals surface area contributed by atoms with Crippen molar-refractivity contribution in [2.24, 2.45) is 0 Å². The van der Waals surface area contributed by atoms with Crippen molar-refractivity contribution < 1.29 is 9.53 Å². The van der Waals surface area contributed by atoms with Gasteiger partial charge in [-0.15, -0.1) is 0 Å². The number of carbonyl (C=O) groups excluding carboxylic acids is 1. The lowest BCUT2D eigenvalue weighted by molar-refractivity contribution is 0.0472. The number of hydrogen-bond donors (Lipinski definition) is 1. The van der Waals surface area contributed by atoms with Gasteiger partial charge in [-0.2, -0.15) is 0 Å². The first-order chi connectivity index (χ1) is 9.50. The summed E-state index contributed by atoms with van der Waals surface area (Å²) in [7, 11) is 0. The van der Waals surface area contributed by atoms with E-state index in [1.54, 1.807) is 6.07 Å². The first-order valence-corrected chi connectivity index (χ1v) is 6.58. The zero-order chi connectivity index (χ0) is 14.7. The smallest absolute Gasteiger partial charge is 0.340 e. The molecule has 0 saturated carbocycles. The number of nitrogen functional groups attached to an aromatic ring is 1. The number of benzene rings is 2. The van der Waals surface area contributed by atoms with Crippen LogP contribution in [-0.2, 0) is 11.3 Å². The molecule has 20 heavy (non-hydrogen) atoms. The van der Waals surface area contributed by atoms with Crippen molar-refractivity contribution in [1.82, 2.24) is 0 Å². The maximum atomic E-state index is 12.2. The lowest BCUT2D eigenvalue weighted by Gasteiger charge is -2.12. The van der Waals surface area contributed by atoms with E-state index in [0.717, 1.165) is 22.3 Å². The summed E-state index contributed by atoms with van der Waals surface area (Å²) in [4.78, 5) is 12.2. The largest absolute Gasteiger partial charge is 0.457 e. The number of esters is 1. The van der Waals surface area contributed by atoms with Gasteiger partial charge in [0.05, 0.1) is 5.56 Å². The van der Waals surface area contributed by atoms with Gasteiger partial charge in [0.25, 0.3) is 0 Å². The average molecular weight is 269 g/mol. The van der Waals surface area contributed by atoms with Crippen LogP contribution in [0.3, 0.4) is 0 Å². The van der Waals surface area contributed by atoms with E-state index >= 15 is 0 Å². The molecule has 0 heterocycles. The predicted octanol–water partition coefficient (Wildman–Crippen LogP) is 3.55. The number of rotatable bonds is 3. The van der Waals surface area contributed by atoms with Crippen molar-refractivity contribution in [2.75, 3.05) is 5.73 Å².